The molecule has 0 radical (unpaired) electrons. The van der Waals surface area contributed by atoms with Crippen molar-refractivity contribution in [3.8, 4) is 23.0 Å². The summed E-state index contributed by atoms with van der Waals surface area (Å²) >= 11 is 0. The predicted molar refractivity (Wildman–Crippen MR) is 180 cm³/mol. The predicted octanol–water partition coefficient (Wildman–Crippen LogP) is 10.0. The van der Waals surface area contributed by atoms with Crippen molar-refractivity contribution in [1.29, 1.82) is 0 Å². The molecule has 230 valence electrons. The second-order valence-electron chi connectivity index (χ2n) is 14.0. The number of nitrogens with zero attached hydrogens (tertiary/aromatic N) is 2. The van der Waals surface area contributed by atoms with E-state index in [9.17, 15) is 0 Å². The summed E-state index contributed by atoms with van der Waals surface area (Å²) in [6.45, 7) is 18.8. The Kier molecular flexibility index (Phi) is 8.00. The van der Waals surface area contributed by atoms with Crippen LogP contribution in [0.3, 0.4) is 0 Å². The normalized spacial score (nSPS) is 15.5. The van der Waals surface area contributed by atoms with Gasteiger partial charge in [-0.25, -0.2) is 0 Å². The van der Waals surface area contributed by atoms with Crippen molar-refractivity contribution in [2.24, 2.45) is 5.41 Å². The van der Waals surface area contributed by atoms with Crippen LogP contribution < -0.4 is 24.0 Å². The molecule has 44 heavy (non-hydrogen) atoms. The zero-order valence-corrected chi connectivity index (χ0v) is 27.3. The number of fused-ring (bicyclic) bond motifs is 2. The van der Waals surface area contributed by atoms with Crippen LogP contribution in [0.5, 0.6) is 23.0 Å². The number of rotatable bonds is 7. The van der Waals surface area contributed by atoms with Crippen LogP contribution in [0.15, 0.2) is 84.9 Å². The van der Waals surface area contributed by atoms with Crippen molar-refractivity contribution >= 4 is 11.4 Å². The summed E-state index contributed by atoms with van der Waals surface area (Å²) in [6, 6.07) is 29.8. The molecule has 0 amide bonds. The second-order valence-corrected chi connectivity index (χ2v) is 14.0. The van der Waals surface area contributed by atoms with Crippen molar-refractivity contribution in [2.75, 3.05) is 23.3 Å². The van der Waals surface area contributed by atoms with Gasteiger partial charge in [0.05, 0.1) is 0 Å². The van der Waals surface area contributed by atoms with E-state index in [1.807, 2.05) is 24.3 Å². The molecule has 5 heteroatoms. The summed E-state index contributed by atoms with van der Waals surface area (Å²) in [6.07, 6.45) is 1.15. The number of hydrogen-bond donors (Lipinski definition) is 0. The number of ether oxygens (including phenoxy) is 3. The van der Waals surface area contributed by atoms with Crippen LogP contribution in [0.25, 0.3) is 0 Å². The highest BCUT2D eigenvalue weighted by Gasteiger charge is 2.27. The SMILES string of the molecule is CCC(C)(C)C(C)c1ccc2c(c1)CN(c1ccc(Oc3ccc(N4COc5ccc(C(C)(C)C)cc5C4)cc3)cc1)CO2. The van der Waals surface area contributed by atoms with E-state index in [1.165, 1.54) is 22.3 Å². The fourth-order valence-corrected chi connectivity index (χ4v) is 5.92. The van der Waals surface area contributed by atoms with E-state index in [-0.39, 0.29) is 10.8 Å². The average Bonchev–Trinajstić information content (AvgIpc) is 3.03. The molecule has 0 aromatic heterocycles. The molecule has 2 heterocycles. The van der Waals surface area contributed by atoms with Crippen molar-refractivity contribution in [1.82, 2.24) is 0 Å². The largest absolute Gasteiger partial charge is 0.473 e. The zero-order valence-electron chi connectivity index (χ0n) is 27.3. The molecule has 0 fully saturated rings. The van der Waals surface area contributed by atoms with Crippen LogP contribution in [0.1, 0.15) is 83.1 Å². The van der Waals surface area contributed by atoms with Crippen LogP contribution in [0, 0.1) is 5.41 Å². The summed E-state index contributed by atoms with van der Waals surface area (Å²) in [5.41, 5.74) is 7.76. The Bertz CT molecular complexity index is 1600. The number of anilines is 2. The number of hydrogen-bond acceptors (Lipinski definition) is 5. The quantitative estimate of drug-likeness (QED) is 0.214. The summed E-state index contributed by atoms with van der Waals surface area (Å²) in [4.78, 5) is 4.52. The maximum atomic E-state index is 6.21. The molecule has 0 saturated heterocycles. The van der Waals surface area contributed by atoms with E-state index < -0.39 is 0 Å². The molecular formula is C39H46N2O3. The lowest BCUT2D eigenvalue weighted by Crippen LogP contribution is -2.32. The van der Waals surface area contributed by atoms with Crippen LogP contribution in [0.4, 0.5) is 11.4 Å². The molecule has 0 N–H and O–H groups in total. The van der Waals surface area contributed by atoms with Gasteiger partial charge in [-0.05, 0) is 94.6 Å². The third-order valence-corrected chi connectivity index (χ3v) is 9.71. The van der Waals surface area contributed by atoms with Crippen LogP contribution in [0.2, 0.25) is 0 Å². The Labute approximate surface area is 263 Å². The lowest BCUT2D eigenvalue weighted by Gasteiger charge is -2.34. The van der Waals surface area contributed by atoms with Crippen LogP contribution in [-0.2, 0) is 18.5 Å². The Balaban J connectivity index is 1.08. The summed E-state index contributed by atoms with van der Waals surface area (Å²) in [5.74, 6) is 4.06. The van der Waals surface area contributed by atoms with E-state index in [4.69, 9.17) is 14.2 Å². The minimum absolute atomic E-state index is 0.107. The van der Waals surface area contributed by atoms with Gasteiger partial charge in [-0.3, -0.25) is 0 Å². The molecule has 2 aliphatic heterocycles. The fourth-order valence-electron chi connectivity index (χ4n) is 5.92. The molecule has 0 aliphatic carbocycles. The third-order valence-electron chi connectivity index (χ3n) is 9.71. The van der Waals surface area contributed by atoms with Crippen molar-refractivity contribution in [3.05, 3.63) is 107 Å². The first-order chi connectivity index (χ1) is 21.0. The van der Waals surface area contributed by atoms with Gasteiger partial charge in [-0.15, -0.1) is 0 Å². The van der Waals surface area contributed by atoms with Gasteiger partial charge >= 0.3 is 0 Å². The first kappa shape index (κ1) is 29.9. The molecule has 0 spiro atoms. The minimum atomic E-state index is 0.107. The van der Waals surface area contributed by atoms with Gasteiger partial charge in [0.1, 0.15) is 23.0 Å². The second kappa shape index (κ2) is 11.8. The van der Waals surface area contributed by atoms with Gasteiger partial charge in [-0.2, -0.15) is 0 Å². The Hall–Kier alpha value is -4.12. The first-order valence-corrected chi connectivity index (χ1v) is 15.9. The monoisotopic (exact) mass is 590 g/mol. The van der Waals surface area contributed by atoms with E-state index >= 15 is 0 Å². The molecule has 6 rings (SSSR count). The van der Waals surface area contributed by atoms with Crippen molar-refractivity contribution in [2.45, 2.75) is 79.3 Å². The van der Waals surface area contributed by atoms with Crippen molar-refractivity contribution in [3.63, 3.8) is 0 Å². The maximum absolute atomic E-state index is 6.21. The molecule has 2 aliphatic rings. The van der Waals surface area contributed by atoms with Gasteiger partial charge in [0.15, 0.2) is 13.5 Å². The topological polar surface area (TPSA) is 34.2 Å². The van der Waals surface area contributed by atoms with E-state index in [0.29, 0.717) is 19.4 Å². The number of benzene rings is 4. The van der Waals surface area contributed by atoms with Crippen LogP contribution >= 0.6 is 0 Å². The average molecular weight is 591 g/mol. The summed E-state index contributed by atoms with van der Waals surface area (Å²) < 4.78 is 18.4. The van der Waals surface area contributed by atoms with E-state index in [1.54, 1.807) is 0 Å². The standard InChI is InChI=1S/C39H46N2O3/c1-8-39(6,7)27(2)28-9-19-36-29(21-28)23-40(25-42-36)32-11-15-34(16-12-32)44-35-17-13-33(14-18-35)41-24-30-22-31(38(3,4)5)10-20-37(30)43-26-41/h9-22,27H,8,23-26H2,1-7H3. The molecule has 5 nitrogen and oxygen atoms in total. The lowest BCUT2D eigenvalue weighted by atomic mass is 9.74. The van der Waals surface area contributed by atoms with E-state index in [2.05, 4.69) is 119 Å². The summed E-state index contributed by atoms with van der Waals surface area (Å²) in [5, 5.41) is 0. The van der Waals surface area contributed by atoms with Gasteiger partial charge in [-0.1, -0.05) is 73.1 Å². The Morgan fingerprint density at radius 3 is 1.68 bits per heavy atom. The first-order valence-electron chi connectivity index (χ1n) is 15.9. The Morgan fingerprint density at radius 2 is 1.18 bits per heavy atom. The Morgan fingerprint density at radius 1 is 0.682 bits per heavy atom. The lowest BCUT2D eigenvalue weighted by molar-refractivity contribution is 0.282. The molecular weight excluding hydrogens is 544 g/mol. The molecule has 0 saturated carbocycles. The summed E-state index contributed by atoms with van der Waals surface area (Å²) in [7, 11) is 0. The van der Waals surface area contributed by atoms with Crippen molar-refractivity contribution < 1.29 is 14.2 Å². The molecule has 4 aromatic carbocycles. The van der Waals surface area contributed by atoms with Gasteiger partial charge < -0.3 is 24.0 Å². The van der Waals surface area contributed by atoms with Crippen LogP contribution in [-0.4, -0.2) is 13.5 Å². The molecule has 4 aromatic rings. The zero-order chi connectivity index (χ0) is 31.1. The van der Waals surface area contributed by atoms with Gasteiger partial charge in [0.25, 0.3) is 0 Å². The minimum Gasteiger partial charge on any atom is -0.473 e. The maximum Gasteiger partial charge on any atom is 0.161 e. The van der Waals surface area contributed by atoms with E-state index in [0.717, 1.165) is 53.9 Å². The van der Waals surface area contributed by atoms with Gasteiger partial charge in [0, 0.05) is 35.6 Å². The highest BCUT2D eigenvalue weighted by Crippen LogP contribution is 2.40. The van der Waals surface area contributed by atoms with Gasteiger partial charge in [0.2, 0.25) is 0 Å². The molecule has 1 unspecified atom stereocenters. The highest BCUT2D eigenvalue weighted by atomic mass is 16.5. The fraction of sp³-hybridized carbons (Fsp3) is 0.385. The molecule has 1 atom stereocenters. The molecule has 0 bridgehead atoms. The third kappa shape index (κ3) is 6.24. The smallest absolute Gasteiger partial charge is 0.161 e. The highest BCUT2D eigenvalue weighted by molar-refractivity contribution is 5.55.